The van der Waals surface area contributed by atoms with Gasteiger partial charge in [-0.2, -0.15) is 0 Å². The second kappa shape index (κ2) is 5.19. The Balaban J connectivity index is 1.63. The Morgan fingerprint density at radius 3 is 2.68 bits per heavy atom. The first kappa shape index (κ1) is 12.4. The molecule has 2 fully saturated rings. The van der Waals surface area contributed by atoms with Crippen molar-refractivity contribution in [1.82, 2.24) is 4.90 Å². The number of urea groups is 1. The lowest BCUT2D eigenvalue weighted by Gasteiger charge is -2.38. The molecule has 0 radical (unpaired) electrons. The molecule has 0 bridgehead atoms. The highest BCUT2D eigenvalue weighted by atomic mass is 16.7. The molecule has 1 spiro atoms. The van der Waals surface area contributed by atoms with Gasteiger partial charge in [-0.3, -0.25) is 0 Å². The van der Waals surface area contributed by atoms with Crippen molar-refractivity contribution in [2.45, 2.75) is 18.6 Å². The molecule has 2 aliphatic heterocycles. The van der Waals surface area contributed by atoms with E-state index in [1.54, 1.807) is 4.90 Å². The van der Waals surface area contributed by atoms with Crippen molar-refractivity contribution in [2.75, 3.05) is 31.6 Å². The molecule has 1 aromatic carbocycles. The number of amides is 2. The van der Waals surface area contributed by atoms with Crippen LogP contribution in [0.4, 0.5) is 10.5 Å². The molecule has 102 valence electrons. The van der Waals surface area contributed by atoms with E-state index in [0.717, 1.165) is 25.1 Å². The molecule has 1 N–H and O–H groups in total. The second-order valence-corrected chi connectivity index (χ2v) is 4.93. The average Bonchev–Trinajstić information content (AvgIpc) is 2.88. The normalized spacial score (nSPS) is 21.6. The Morgan fingerprint density at radius 1 is 1.21 bits per heavy atom. The smallest absolute Gasteiger partial charge is 0.322 e. The molecule has 0 atom stereocenters. The van der Waals surface area contributed by atoms with Gasteiger partial charge in [-0.15, -0.1) is 0 Å². The third-order valence-corrected chi connectivity index (χ3v) is 3.54. The van der Waals surface area contributed by atoms with Gasteiger partial charge in [0.05, 0.1) is 19.8 Å². The van der Waals surface area contributed by atoms with Gasteiger partial charge < -0.3 is 19.7 Å². The zero-order chi connectivity index (χ0) is 13.1. The summed E-state index contributed by atoms with van der Waals surface area (Å²) in [5.41, 5.74) is 0.806. The maximum Gasteiger partial charge on any atom is 0.322 e. The van der Waals surface area contributed by atoms with Gasteiger partial charge in [0.15, 0.2) is 5.79 Å². The minimum absolute atomic E-state index is 0.0932. The van der Waals surface area contributed by atoms with Gasteiger partial charge in [0, 0.05) is 18.7 Å². The van der Waals surface area contributed by atoms with E-state index in [1.165, 1.54) is 0 Å². The van der Waals surface area contributed by atoms with E-state index in [-0.39, 0.29) is 6.03 Å². The van der Waals surface area contributed by atoms with E-state index in [9.17, 15) is 4.79 Å². The Hall–Kier alpha value is -1.59. The number of para-hydroxylation sites is 1. The number of anilines is 1. The standard InChI is InChI=1S/C14H18N2O3/c17-13(15-12-5-2-1-3-6-12)16-8-4-7-14(11-16)18-9-10-19-14/h1-3,5-6H,4,7-11H2,(H,15,17). The highest BCUT2D eigenvalue weighted by Crippen LogP contribution is 2.30. The van der Waals surface area contributed by atoms with Gasteiger partial charge >= 0.3 is 6.03 Å². The summed E-state index contributed by atoms with van der Waals surface area (Å²) >= 11 is 0. The summed E-state index contributed by atoms with van der Waals surface area (Å²) < 4.78 is 11.3. The van der Waals surface area contributed by atoms with Gasteiger partial charge in [-0.1, -0.05) is 18.2 Å². The summed E-state index contributed by atoms with van der Waals surface area (Å²) in [6.45, 7) is 2.49. The molecule has 0 aliphatic carbocycles. The van der Waals surface area contributed by atoms with E-state index >= 15 is 0 Å². The second-order valence-electron chi connectivity index (χ2n) is 4.93. The Labute approximate surface area is 112 Å². The van der Waals surface area contributed by atoms with Gasteiger partial charge in [-0.25, -0.2) is 4.79 Å². The summed E-state index contributed by atoms with van der Waals surface area (Å²) in [6, 6.07) is 9.38. The highest BCUT2D eigenvalue weighted by Gasteiger charge is 2.42. The van der Waals surface area contributed by atoms with Crippen LogP contribution in [0.15, 0.2) is 30.3 Å². The SMILES string of the molecule is O=C(Nc1ccccc1)N1CCCC2(C1)OCCO2. The number of nitrogens with one attached hydrogen (secondary N) is 1. The molecule has 2 amide bonds. The number of likely N-dealkylation sites (tertiary alicyclic amines) is 1. The van der Waals surface area contributed by atoms with Gasteiger partial charge in [0.1, 0.15) is 0 Å². The van der Waals surface area contributed by atoms with Crippen molar-refractivity contribution in [2.24, 2.45) is 0 Å². The minimum atomic E-state index is -0.563. The largest absolute Gasteiger partial charge is 0.346 e. The maximum atomic E-state index is 12.2. The number of hydrogen-bond donors (Lipinski definition) is 1. The topological polar surface area (TPSA) is 50.8 Å². The molecule has 0 unspecified atom stereocenters. The van der Waals surface area contributed by atoms with Crippen LogP contribution in [0.25, 0.3) is 0 Å². The van der Waals surface area contributed by atoms with Crippen LogP contribution in [-0.2, 0) is 9.47 Å². The van der Waals surface area contributed by atoms with Crippen LogP contribution in [0, 0.1) is 0 Å². The van der Waals surface area contributed by atoms with Crippen LogP contribution in [0.1, 0.15) is 12.8 Å². The summed E-state index contributed by atoms with van der Waals surface area (Å²) in [5.74, 6) is -0.563. The summed E-state index contributed by atoms with van der Waals surface area (Å²) in [4.78, 5) is 14.0. The van der Waals surface area contributed by atoms with Crippen LogP contribution >= 0.6 is 0 Å². The molecule has 3 rings (SSSR count). The van der Waals surface area contributed by atoms with Crippen molar-refractivity contribution in [3.63, 3.8) is 0 Å². The van der Waals surface area contributed by atoms with Crippen molar-refractivity contribution in [3.05, 3.63) is 30.3 Å². The summed E-state index contributed by atoms with van der Waals surface area (Å²) in [5, 5.41) is 2.89. The molecule has 5 nitrogen and oxygen atoms in total. The van der Waals surface area contributed by atoms with E-state index in [0.29, 0.717) is 19.8 Å². The first-order valence-electron chi connectivity index (χ1n) is 6.66. The maximum absolute atomic E-state index is 12.2. The highest BCUT2D eigenvalue weighted by molar-refractivity contribution is 5.89. The van der Waals surface area contributed by atoms with Crippen LogP contribution in [0.2, 0.25) is 0 Å². The number of hydrogen-bond acceptors (Lipinski definition) is 3. The number of carbonyl (C=O) groups is 1. The van der Waals surface area contributed by atoms with Crippen molar-refractivity contribution in [3.8, 4) is 0 Å². The number of ether oxygens (including phenoxy) is 2. The molecule has 2 saturated heterocycles. The zero-order valence-corrected chi connectivity index (χ0v) is 10.8. The van der Waals surface area contributed by atoms with Crippen LogP contribution in [-0.4, -0.2) is 43.0 Å². The average molecular weight is 262 g/mol. The third-order valence-electron chi connectivity index (χ3n) is 3.54. The first-order chi connectivity index (χ1) is 9.27. The van der Waals surface area contributed by atoms with E-state index in [4.69, 9.17) is 9.47 Å². The fourth-order valence-electron chi connectivity index (χ4n) is 2.62. The number of nitrogens with zero attached hydrogens (tertiary/aromatic N) is 1. The molecule has 0 aromatic heterocycles. The Bertz CT molecular complexity index is 443. The Kier molecular flexibility index (Phi) is 3.40. The molecule has 5 heteroatoms. The van der Waals surface area contributed by atoms with Gasteiger partial charge in [0.25, 0.3) is 0 Å². The summed E-state index contributed by atoms with van der Waals surface area (Å²) in [7, 11) is 0. The molecule has 2 aliphatic rings. The van der Waals surface area contributed by atoms with Crippen molar-refractivity contribution in [1.29, 1.82) is 0 Å². The lowest BCUT2D eigenvalue weighted by molar-refractivity contribution is -0.182. The van der Waals surface area contributed by atoms with Crippen LogP contribution in [0.3, 0.4) is 0 Å². The number of piperidine rings is 1. The fourth-order valence-corrected chi connectivity index (χ4v) is 2.62. The fraction of sp³-hybridized carbons (Fsp3) is 0.500. The quantitative estimate of drug-likeness (QED) is 0.842. The van der Waals surface area contributed by atoms with Crippen molar-refractivity contribution >= 4 is 11.7 Å². The van der Waals surface area contributed by atoms with Crippen LogP contribution in [0.5, 0.6) is 0 Å². The van der Waals surface area contributed by atoms with E-state index < -0.39 is 5.79 Å². The molecular formula is C14H18N2O3. The molecule has 0 saturated carbocycles. The number of rotatable bonds is 1. The zero-order valence-electron chi connectivity index (χ0n) is 10.8. The third kappa shape index (κ3) is 2.72. The predicted molar refractivity (Wildman–Crippen MR) is 70.9 cm³/mol. The number of carbonyl (C=O) groups excluding carboxylic acids is 1. The first-order valence-corrected chi connectivity index (χ1v) is 6.66. The van der Waals surface area contributed by atoms with Gasteiger partial charge in [-0.05, 0) is 18.6 Å². The molecule has 1 aromatic rings. The lowest BCUT2D eigenvalue weighted by atomic mass is 10.1. The van der Waals surface area contributed by atoms with E-state index in [2.05, 4.69) is 5.32 Å². The minimum Gasteiger partial charge on any atom is -0.346 e. The van der Waals surface area contributed by atoms with E-state index in [1.807, 2.05) is 30.3 Å². The van der Waals surface area contributed by atoms with Gasteiger partial charge in [0.2, 0.25) is 0 Å². The summed E-state index contributed by atoms with van der Waals surface area (Å²) in [6.07, 6.45) is 1.77. The molecular weight excluding hydrogens is 244 g/mol. The van der Waals surface area contributed by atoms with Crippen molar-refractivity contribution < 1.29 is 14.3 Å². The lowest BCUT2D eigenvalue weighted by Crippen LogP contribution is -2.52. The predicted octanol–water partition coefficient (Wildman–Crippen LogP) is 2.06. The molecule has 2 heterocycles. The molecule has 19 heavy (non-hydrogen) atoms. The number of benzene rings is 1. The van der Waals surface area contributed by atoms with Crippen LogP contribution < -0.4 is 5.32 Å². The Morgan fingerprint density at radius 2 is 1.95 bits per heavy atom. The monoisotopic (exact) mass is 262 g/mol.